The van der Waals surface area contributed by atoms with Crippen LogP contribution in [0.3, 0.4) is 0 Å². The Morgan fingerprint density at radius 3 is 2.65 bits per heavy atom. The fraction of sp³-hybridized carbons (Fsp3) is 0.385. The zero-order valence-electron chi connectivity index (χ0n) is 9.23. The van der Waals surface area contributed by atoms with Crippen molar-refractivity contribution in [2.24, 2.45) is 0 Å². The Labute approximate surface area is 109 Å². The highest BCUT2D eigenvalue weighted by Crippen LogP contribution is 2.40. The minimum atomic E-state index is -0.402. The van der Waals surface area contributed by atoms with E-state index in [0.717, 1.165) is 22.9 Å². The molecule has 0 aromatic carbocycles. The lowest BCUT2D eigenvalue weighted by Gasteiger charge is -2.36. The van der Waals surface area contributed by atoms with E-state index in [1.165, 1.54) is 0 Å². The van der Waals surface area contributed by atoms with Crippen LogP contribution in [0.4, 0.5) is 0 Å². The Balaban J connectivity index is 2.02. The molecule has 0 spiro atoms. The van der Waals surface area contributed by atoms with Gasteiger partial charge >= 0.3 is 0 Å². The number of hydrogen-bond donors (Lipinski definition) is 1. The molecular weight excluding hydrogens is 278 g/mol. The van der Waals surface area contributed by atoms with Crippen molar-refractivity contribution in [2.75, 3.05) is 0 Å². The Morgan fingerprint density at radius 2 is 2.06 bits per heavy atom. The Bertz CT molecular complexity index is 504. The average molecular weight is 290 g/mol. The summed E-state index contributed by atoms with van der Waals surface area (Å²) in [6.07, 6.45) is 9.58. The molecule has 2 aliphatic heterocycles. The summed E-state index contributed by atoms with van der Waals surface area (Å²) in [7, 11) is 0. The molecule has 0 radical (unpaired) electrons. The van der Waals surface area contributed by atoms with Crippen molar-refractivity contribution in [3.05, 3.63) is 40.6 Å². The van der Waals surface area contributed by atoms with Gasteiger partial charge in [0.05, 0.1) is 11.5 Å². The molecule has 3 nitrogen and oxygen atoms in total. The van der Waals surface area contributed by atoms with Crippen molar-refractivity contribution in [2.45, 2.75) is 30.3 Å². The van der Waals surface area contributed by atoms with E-state index in [9.17, 15) is 5.26 Å². The summed E-state index contributed by atoms with van der Waals surface area (Å²) in [6, 6.07) is 5.19. The van der Waals surface area contributed by atoms with Gasteiger partial charge in [0.2, 0.25) is 0 Å². The number of nitrogens with one attached hydrogen (secondary N) is 1. The average Bonchev–Trinajstić information content (AvgIpc) is 2.69. The maximum atomic E-state index is 9.60. The molecule has 0 amide bonds. The van der Waals surface area contributed by atoms with Gasteiger partial charge in [0.1, 0.15) is 0 Å². The molecule has 17 heavy (non-hydrogen) atoms. The van der Waals surface area contributed by atoms with Gasteiger partial charge in [0.25, 0.3) is 0 Å². The van der Waals surface area contributed by atoms with Crippen molar-refractivity contribution >= 4 is 15.9 Å². The molecule has 2 atom stereocenters. The van der Waals surface area contributed by atoms with Gasteiger partial charge < -0.3 is 5.32 Å². The number of nitrogens with zero attached hydrogens (tertiary/aromatic N) is 2. The SMILES string of the molecule is N#CC1(c2cncc(Br)c2)CC2C=CC(C1)N2. The second-order valence-electron chi connectivity index (χ2n) is 4.76. The monoisotopic (exact) mass is 289 g/mol. The first-order valence-electron chi connectivity index (χ1n) is 5.68. The molecule has 86 valence electrons. The molecule has 3 heterocycles. The van der Waals surface area contributed by atoms with E-state index in [0.29, 0.717) is 12.1 Å². The minimum absolute atomic E-state index is 0.326. The zero-order chi connectivity index (χ0) is 11.9. The van der Waals surface area contributed by atoms with E-state index >= 15 is 0 Å². The number of aromatic nitrogens is 1. The van der Waals surface area contributed by atoms with Crippen LogP contribution in [0, 0.1) is 11.3 Å². The van der Waals surface area contributed by atoms with Gasteiger partial charge in [-0.25, -0.2) is 0 Å². The quantitative estimate of drug-likeness (QED) is 0.807. The maximum absolute atomic E-state index is 9.60. The summed E-state index contributed by atoms with van der Waals surface area (Å²) < 4.78 is 0.934. The third-order valence-electron chi connectivity index (χ3n) is 3.61. The van der Waals surface area contributed by atoms with Gasteiger partial charge in [-0.05, 0) is 40.4 Å². The van der Waals surface area contributed by atoms with Crippen LogP contribution in [0.1, 0.15) is 18.4 Å². The summed E-state index contributed by atoms with van der Waals surface area (Å²) in [5, 5.41) is 13.1. The van der Waals surface area contributed by atoms with Crippen molar-refractivity contribution in [1.82, 2.24) is 10.3 Å². The van der Waals surface area contributed by atoms with E-state index in [1.807, 2.05) is 12.3 Å². The number of fused-ring (bicyclic) bond motifs is 2. The summed E-state index contributed by atoms with van der Waals surface area (Å²) in [5.74, 6) is 0. The smallest absolute Gasteiger partial charge is 0.0873 e. The number of nitriles is 1. The van der Waals surface area contributed by atoms with Gasteiger partial charge in [-0.15, -0.1) is 0 Å². The minimum Gasteiger partial charge on any atom is -0.304 e. The largest absolute Gasteiger partial charge is 0.304 e. The van der Waals surface area contributed by atoms with E-state index < -0.39 is 5.41 Å². The third-order valence-corrected chi connectivity index (χ3v) is 4.05. The van der Waals surface area contributed by atoms with Crippen LogP contribution in [-0.4, -0.2) is 17.1 Å². The molecule has 0 aliphatic carbocycles. The molecular formula is C13H12BrN3. The highest BCUT2D eigenvalue weighted by atomic mass is 79.9. The molecule has 1 aromatic rings. The van der Waals surface area contributed by atoms with Crippen LogP contribution in [0.25, 0.3) is 0 Å². The van der Waals surface area contributed by atoms with Gasteiger partial charge in [0, 0.05) is 29.0 Å². The Morgan fingerprint density at radius 1 is 1.35 bits per heavy atom. The fourth-order valence-corrected chi connectivity index (χ4v) is 3.17. The summed E-state index contributed by atoms with van der Waals surface area (Å²) in [6.45, 7) is 0. The van der Waals surface area contributed by atoms with Gasteiger partial charge in [-0.1, -0.05) is 12.2 Å². The van der Waals surface area contributed by atoms with Crippen LogP contribution in [0.15, 0.2) is 35.1 Å². The molecule has 3 rings (SSSR count). The van der Waals surface area contributed by atoms with Crippen molar-refractivity contribution in [3.8, 4) is 6.07 Å². The summed E-state index contributed by atoms with van der Waals surface area (Å²) >= 11 is 3.42. The first-order valence-corrected chi connectivity index (χ1v) is 6.48. The second kappa shape index (κ2) is 3.94. The van der Waals surface area contributed by atoms with E-state index in [1.54, 1.807) is 6.20 Å². The van der Waals surface area contributed by atoms with Gasteiger partial charge in [-0.3, -0.25) is 4.98 Å². The molecule has 1 aromatic heterocycles. The molecule has 0 saturated carbocycles. The molecule has 2 aliphatic rings. The van der Waals surface area contributed by atoms with Crippen molar-refractivity contribution < 1.29 is 0 Å². The van der Waals surface area contributed by atoms with Crippen LogP contribution >= 0.6 is 15.9 Å². The summed E-state index contributed by atoms with van der Waals surface area (Å²) in [4.78, 5) is 4.18. The second-order valence-corrected chi connectivity index (χ2v) is 5.67. The number of hydrogen-bond acceptors (Lipinski definition) is 3. The lowest BCUT2D eigenvalue weighted by Crippen LogP contribution is -2.46. The number of piperidine rings is 1. The van der Waals surface area contributed by atoms with Crippen molar-refractivity contribution in [3.63, 3.8) is 0 Å². The van der Waals surface area contributed by atoms with Gasteiger partial charge in [-0.2, -0.15) is 5.26 Å². The number of pyridine rings is 1. The number of rotatable bonds is 1. The Hall–Kier alpha value is -1.18. The first-order chi connectivity index (χ1) is 8.22. The van der Waals surface area contributed by atoms with Crippen LogP contribution in [0.2, 0.25) is 0 Å². The molecule has 2 unspecified atom stereocenters. The predicted octanol–water partition coefficient (Wildman–Crippen LogP) is 2.30. The van der Waals surface area contributed by atoms with E-state index in [4.69, 9.17) is 0 Å². The van der Waals surface area contributed by atoms with E-state index in [2.05, 4.69) is 44.5 Å². The summed E-state index contributed by atoms with van der Waals surface area (Å²) in [5.41, 5.74) is 0.621. The predicted molar refractivity (Wildman–Crippen MR) is 68.3 cm³/mol. The zero-order valence-corrected chi connectivity index (χ0v) is 10.8. The lowest BCUT2D eigenvalue weighted by atomic mass is 9.72. The topological polar surface area (TPSA) is 48.7 Å². The maximum Gasteiger partial charge on any atom is 0.0873 e. The Kier molecular flexibility index (Phi) is 2.53. The lowest BCUT2D eigenvalue weighted by molar-refractivity contribution is 0.319. The standard InChI is InChI=1S/C13H12BrN3/c14-10-3-9(6-16-7-10)13(8-15)4-11-1-2-12(5-13)17-11/h1-3,6-7,11-12,17H,4-5H2. The molecule has 1 fully saturated rings. The third kappa shape index (κ3) is 1.80. The molecule has 4 heteroatoms. The van der Waals surface area contributed by atoms with Crippen LogP contribution < -0.4 is 5.32 Å². The molecule has 1 N–H and O–H groups in total. The normalized spacial score (nSPS) is 34.6. The highest BCUT2D eigenvalue weighted by Gasteiger charge is 2.43. The molecule has 2 bridgehead atoms. The van der Waals surface area contributed by atoms with Crippen molar-refractivity contribution in [1.29, 1.82) is 5.26 Å². The fourth-order valence-electron chi connectivity index (χ4n) is 2.81. The number of halogens is 1. The van der Waals surface area contributed by atoms with Gasteiger partial charge in [0.15, 0.2) is 0 Å². The first kappa shape index (κ1) is 10.9. The van der Waals surface area contributed by atoms with Crippen LogP contribution in [0.5, 0.6) is 0 Å². The van der Waals surface area contributed by atoms with Crippen LogP contribution in [-0.2, 0) is 5.41 Å². The van der Waals surface area contributed by atoms with E-state index in [-0.39, 0.29) is 0 Å². The highest BCUT2D eigenvalue weighted by molar-refractivity contribution is 9.10. The molecule has 1 saturated heterocycles.